The van der Waals surface area contributed by atoms with Crippen molar-refractivity contribution >= 4 is 39.5 Å². The van der Waals surface area contributed by atoms with Gasteiger partial charge in [-0.05, 0) is 45.3 Å². The average molecular weight is 565 g/mol. The normalized spacial score (nSPS) is 15.6. The molecular weight excluding hydrogens is 540 g/mol. The maximum absolute atomic E-state index is 14.5. The van der Waals surface area contributed by atoms with Gasteiger partial charge < -0.3 is 14.2 Å². The van der Waals surface area contributed by atoms with Gasteiger partial charge in [-0.3, -0.25) is 4.79 Å². The minimum Gasteiger partial charge on any atom is -0.426 e. The molecule has 6 heteroatoms. The van der Waals surface area contributed by atoms with Crippen LogP contribution in [0.4, 0.5) is 0 Å². The van der Waals surface area contributed by atoms with E-state index in [-0.39, 0.29) is 5.75 Å². The molecule has 0 spiro atoms. The van der Waals surface area contributed by atoms with E-state index in [4.69, 9.17) is 14.2 Å². The molecule has 6 aromatic rings. The number of esters is 3. The molecule has 43 heavy (non-hydrogen) atoms. The van der Waals surface area contributed by atoms with E-state index < -0.39 is 23.3 Å². The monoisotopic (exact) mass is 564 g/mol. The summed E-state index contributed by atoms with van der Waals surface area (Å²) in [4.78, 5) is 40.5. The lowest BCUT2D eigenvalue weighted by atomic mass is 9.75. The van der Waals surface area contributed by atoms with Gasteiger partial charge in [0.1, 0.15) is 17.2 Å². The van der Waals surface area contributed by atoms with E-state index in [2.05, 4.69) is 0 Å². The highest BCUT2D eigenvalue weighted by atomic mass is 16.6. The summed E-state index contributed by atoms with van der Waals surface area (Å²) < 4.78 is 17.7. The zero-order valence-corrected chi connectivity index (χ0v) is 23.1. The second kappa shape index (κ2) is 10.3. The van der Waals surface area contributed by atoms with E-state index in [1.54, 1.807) is 60.7 Å². The van der Waals surface area contributed by atoms with E-state index in [9.17, 15) is 14.4 Å². The van der Waals surface area contributed by atoms with Crippen LogP contribution in [0.2, 0.25) is 0 Å². The predicted octanol–water partition coefficient (Wildman–Crippen LogP) is 7.40. The molecule has 0 radical (unpaired) electrons. The minimum atomic E-state index is -1.85. The third-order valence-corrected chi connectivity index (χ3v) is 7.80. The summed E-state index contributed by atoms with van der Waals surface area (Å²) >= 11 is 0. The molecule has 0 saturated carbocycles. The van der Waals surface area contributed by atoms with Crippen LogP contribution in [-0.2, 0) is 19.8 Å². The van der Waals surface area contributed by atoms with E-state index in [1.165, 1.54) is 6.92 Å². The van der Waals surface area contributed by atoms with Crippen LogP contribution in [0, 0.1) is 0 Å². The maximum atomic E-state index is 14.5. The van der Waals surface area contributed by atoms with Crippen LogP contribution in [0.3, 0.4) is 0 Å². The third kappa shape index (κ3) is 4.15. The van der Waals surface area contributed by atoms with Gasteiger partial charge in [-0.2, -0.15) is 0 Å². The topological polar surface area (TPSA) is 78.9 Å². The number of carbonyl (C=O) groups is 3. The van der Waals surface area contributed by atoms with Crippen molar-refractivity contribution in [3.8, 4) is 28.4 Å². The second-order valence-electron chi connectivity index (χ2n) is 10.3. The number of hydrogen-bond donors (Lipinski definition) is 0. The Morgan fingerprint density at radius 2 is 1.14 bits per heavy atom. The highest BCUT2D eigenvalue weighted by Gasteiger charge is 2.58. The highest BCUT2D eigenvalue weighted by Crippen LogP contribution is 2.49. The summed E-state index contributed by atoms with van der Waals surface area (Å²) in [5.41, 5.74) is 0.142. The van der Waals surface area contributed by atoms with Gasteiger partial charge >= 0.3 is 17.9 Å². The molecule has 0 aliphatic carbocycles. The number of hydrogen-bond acceptors (Lipinski definition) is 6. The number of fused-ring (bicyclic) bond motifs is 3. The lowest BCUT2D eigenvalue weighted by Gasteiger charge is -2.25. The first-order chi connectivity index (χ1) is 21.0. The van der Waals surface area contributed by atoms with Gasteiger partial charge in [-0.1, -0.05) is 109 Å². The quantitative estimate of drug-likeness (QED) is 0.123. The zero-order chi connectivity index (χ0) is 29.6. The third-order valence-electron chi connectivity index (χ3n) is 7.80. The Bertz CT molecular complexity index is 2080. The number of ether oxygens (including phenoxy) is 3. The zero-order valence-electron chi connectivity index (χ0n) is 23.1. The van der Waals surface area contributed by atoms with E-state index in [0.717, 1.165) is 21.5 Å². The van der Waals surface area contributed by atoms with Crippen LogP contribution in [0.1, 0.15) is 18.1 Å². The van der Waals surface area contributed by atoms with Gasteiger partial charge in [0.2, 0.25) is 5.41 Å². The van der Waals surface area contributed by atoms with Crippen LogP contribution >= 0.6 is 0 Å². The molecule has 1 heterocycles. The van der Waals surface area contributed by atoms with Crippen LogP contribution in [-0.4, -0.2) is 17.9 Å². The fraction of sp³-hybridized carbons (Fsp3) is 0.0541. The molecular formula is C37H24O6. The molecule has 1 unspecified atom stereocenters. The summed E-state index contributed by atoms with van der Waals surface area (Å²) in [7, 11) is 0. The number of carbonyl (C=O) groups excluding carboxylic acids is 3. The molecule has 208 valence electrons. The fourth-order valence-corrected chi connectivity index (χ4v) is 5.94. The first-order valence-electron chi connectivity index (χ1n) is 13.8. The van der Waals surface area contributed by atoms with Gasteiger partial charge in [-0.25, -0.2) is 9.59 Å². The van der Waals surface area contributed by atoms with Crippen molar-refractivity contribution in [3.63, 3.8) is 0 Å². The molecule has 0 fully saturated rings. The standard InChI is InChI=1S/C37H24O6/c1-23(38)41-31-21-19-24-11-5-7-15-27(24)33(31)34-28-16-8-6-12-25(28)20-22-32(34)43-36(40)37(26-13-3-2-4-14-26)29-17-9-10-18-30(29)42-35(37)39/h2-22H,1H3. The molecule has 7 rings (SSSR count). The molecule has 0 bridgehead atoms. The number of benzene rings is 6. The Morgan fingerprint density at radius 3 is 1.77 bits per heavy atom. The van der Waals surface area contributed by atoms with Crippen molar-refractivity contribution < 1.29 is 28.6 Å². The van der Waals surface area contributed by atoms with Crippen molar-refractivity contribution in [2.24, 2.45) is 0 Å². The van der Waals surface area contributed by atoms with Crippen LogP contribution in [0.5, 0.6) is 17.2 Å². The van der Waals surface area contributed by atoms with Crippen LogP contribution in [0.25, 0.3) is 32.7 Å². The van der Waals surface area contributed by atoms with Crippen molar-refractivity contribution in [2.75, 3.05) is 0 Å². The molecule has 0 amide bonds. The van der Waals surface area contributed by atoms with Gasteiger partial charge in [0.25, 0.3) is 0 Å². The Kier molecular flexibility index (Phi) is 6.25. The van der Waals surface area contributed by atoms with E-state index in [0.29, 0.717) is 33.8 Å². The molecule has 6 nitrogen and oxygen atoms in total. The van der Waals surface area contributed by atoms with Crippen LogP contribution < -0.4 is 14.2 Å². The molecule has 1 aliphatic rings. The summed E-state index contributed by atoms with van der Waals surface area (Å²) in [5, 5.41) is 3.38. The fourth-order valence-electron chi connectivity index (χ4n) is 5.94. The van der Waals surface area contributed by atoms with Gasteiger partial charge in [-0.15, -0.1) is 0 Å². The van der Waals surface area contributed by atoms with Crippen molar-refractivity contribution in [1.82, 2.24) is 0 Å². The average Bonchev–Trinajstić information content (AvgIpc) is 3.33. The van der Waals surface area contributed by atoms with Crippen molar-refractivity contribution in [1.29, 1.82) is 0 Å². The predicted molar refractivity (Wildman–Crippen MR) is 163 cm³/mol. The minimum absolute atomic E-state index is 0.209. The first-order valence-corrected chi connectivity index (χ1v) is 13.8. The van der Waals surface area contributed by atoms with Gasteiger partial charge in [0, 0.05) is 23.6 Å². The second-order valence-corrected chi connectivity index (χ2v) is 10.3. The van der Waals surface area contributed by atoms with Crippen molar-refractivity contribution in [2.45, 2.75) is 12.3 Å². The van der Waals surface area contributed by atoms with Crippen LogP contribution in [0.15, 0.2) is 127 Å². The number of rotatable bonds is 5. The first kappa shape index (κ1) is 26.2. The molecule has 0 saturated heterocycles. The molecule has 1 aliphatic heterocycles. The summed E-state index contributed by atoms with van der Waals surface area (Å²) in [6.07, 6.45) is 0. The summed E-state index contributed by atoms with van der Waals surface area (Å²) in [6, 6.07) is 38.2. The largest absolute Gasteiger partial charge is 0.426 e. The van der Waals surface area contributed by atoms with E-state index >= 15 is 0 Å². The molecule has 0 N–H and O–H groups in total. The highest BCUT2D eigenvalue weighted by molar-refractivity contribution is 6.16. The Labute approximate surface area is 247 Å². The molecule has 6 aromatic carbocycles. The Morgan fingerprint density at radius 1 is 0.605 bits per heavy atom. The molecule has 1 atom stereocenters. The smallest absolute Gasteiger partial charge is 0.338 e. The van der Waals surface area contributed by atoms with Gasteiger partial charge in [0.05, 0.1) is 0 Å². The van der Waals surface area contributed by atoms with Gasteiger partial charge in [0.15, 0.2) is 0 Å². The summed E-state index contributed by atoms with van der Waals surface area (Å²) in [5.74, 6) is -1.19. The van der Waals surface area contributed by atoms with E-state index in [1.807, 2.05) is 66.7 Å². The maximum Gasteiger partial charge on any atom is 0.338 e. The number of para-hydroxylation sites is 1. The lowest BCUT2D eigenvalue weighted by Crippen LogP contribution is -2.45. The molecule has 0 aromatic heterocycles. The Hall–Kier alpha value is -5.75. The Balaban J connectivity index is 1.49. The lowest BCUT2D eigenvalue weighted by molar-refractivity contribution is -0.149. The summed E-state index contributed by atoms with van der Waals surface area (Å²) in [6.45, 7) is 1.34. The SMILES string of the molecule is CC(=O)Oc1ccc2ccccc2c1-c1c(OC(=O)C2(c3ccccc3)C(=O)Oc3ccccc32)ccc2ccccc12. The van der Waals surface area contributed by atoms with Crippen molar-refractivity contribution in [3.05, 3.63) is 139 Å².